The number of para-hydroxylation sites is 2. The topological polar surface area (TPSA) is 46.8 Å². The number of fused-ring (bicyclic) bond motifs is 1. The van der Waals surface area contributed by atoms with Crippen LogP contribution in [0, 0.1) is 12.8 Å². The molecule has 24 heavy (non-hydrogen) atoms. The quantitative estimate of drug-likeness (QED) is 0.739. The molecule has 0 spiro atoms. The molecule has 1 aromatic carbocycles. The van der Waals surface area contributed by atoms with Crippen molar-refractivity contribution in [2.24, 2.45) is 5.92 Å². The van der Waals surface area contributed by atoms with Crippen molar-refractivity contribution < 1.29 is 0 Å². The molecule has 0 amide bonds. The summed E-state index contributed by atoms with van der Waals surface area (Å²) in [5, 5.41) is 0. The summed E-state index contributed by atoms with van der Waals surface area (Å²) in [5.74, 6) is 3.31. The van der Waals surface area contributed by atoms with Gasteiger partial charge in [-0.2, -0.15) is 0 Å². The lowest BCUT2D eigenvalue weighted by Gasteiger charge is -2.41. The third-order valence-electron chi connectivity index (χ3n) is 4.70. The average molecular weight is 321 g/mol. The second kappa shape index (κ2) is 5.89. The Balaban J connectivity index is 1.47. The Hall–Kier alpha value is -2.43. The molecule has 0 radical (unpaired) electrons. The van der Waals surface area contributed by atoms with Crippen LogP contribution in [-0.4, -0.2) is 32.6 Å². The fraction of sp³-hybridized carbons (Fsp3) is 0.421. The Morgan fingerprint density at radius 1 is 1.12 bits per heavy atom. The molecule has 4 rings (SSSR count). The van der Waals surface area contributed by atoms with Crippen molar-refractivity contribution >= 4 is 16.9 Å². The van der Waals surface area contributed by atoms with Crippen molar-refractivity contribution in [1.82, 2.24) is 19.5 Å². The van der Waals surface area contributed by atoms with E-state index in [1.807, 2.05) is 30.5 Å². The zero-order valence-electron chi connectivity index (χ0n) is 14.5. The Morgan fingerprint density at radius 3 is 2.54 bits per heavy atom. The van der Waals surface area contributed by atoms with Crippen molar-refractivity contribution in [3.63, 3.8) is 0 Å². The van der Waals surface area contributed by atoms with Crippen LogP contribution in [0.3, 0.4) is 0 Å². The van der Waals surface area contributed by atoms with Gasteiger partial charge in [-0.3, -0.25) is 0 Å². The normalized spacial score (nSPS) is 15.2. The molecule has 1 aliphatic heterocycles. The molecule has 3 aromatic rings. The third-order valence-corrected chi connectivity index (χ3v) is 4.70. The Morgan fingerprint density at radius 2 is 1.83 bits per heavy atom. The summed E-state index contributed by atoms with van der Waals surface area (Å²) in [6.07, 6.45) is 4.00. The van der Waals surface area contributed by atoms with Crippen LogP contribution in [0.5, 0.6) is 0 Å². The molecule has 0 atom stereocenters. The van der Waals surface area contributed by atoms with E-state index in [1.165, 1.54) is 5.82 Å². The van der Waals surface area contributed by atoms with Gasteiger partial charge in [0.15, 0.2) is 5.82 Å². The monoisotopic (exact) mass is 321 g/mol. The van der Waals surface area contributed by atoms with Gasteiger partial charge in [-0.05, 0) is 19.1 Å². The second-order valence-electron chi connectivity index (χ2n) is 6.98. The average Bonchev–Trinajstić information content (AvgIpc) is 2.98. The molecule has 0 unspecified atom stereocenters. The van der Waals surface area contributed by atoms with Crippen molar-refractivity contribution in [2.45, 2.75) is 33.2 Å². The molecule has 0 N–H and O–H groups in total. The molecule has 2 aromatic heterocycles. The van der Waals surface area contributed by atoms with Gasteiger partial charge in [0.1, 0.15) is 5.82 Å². The molecular formula is C19H23N5. The van der Waals surface area contributed by atoms with E-state index in [0.717, 1.165) is 42.2 Å². The second-order valence-corrected chi connectivity index (χ2v) is 6.98. The van der Waals surface area contributed by atoms with Gasteiger partial charge in [-0.15, -0.1) is 0 Å². The van der Waals surface area contributed by atoms with E-state index in [-0.39, 0.29) is 0 Å². The van der Waals surface area contributed by atoms with Gasteiger partial charge >= 0.3 is 0 Å². The minimum atomic E-state index is 0.463. The predicted octanol–water partition coefficient (Wildman–Crippen LogP) is 3.39. The Bertz CT molecular complexity index is 861. The molecule has 3 heterocycles. The lowest BCUT2D eigenvalue weighted by Crippen LogP contribution is -2.49. The standard InChI is InChI=1S/C19H23N5/c1-13(2)18-20-8-9-23(18)10-15-11-24(12-15)19-14(3)21-16-6-4-5-7-17(16)22-19/h4-9,13,15H,10-12H2,1-3H3. The summed E-state index contributed by atoms with van der Waals surface area (Å²) in [7, 11) is 0. The Kier molecular flexibility index (Phi) is 3.71. The number of aryl methyl sites for hydroxylation is 1. The first-order valence-corrected chi connectivity index (χ1v) is 8.61. The van der Waals surface area contributed by atoms with Gasteiger partial charge in [-0.25, -0.2) is 15.0 Å². The lowest BCUT2D eigenvalue weighted by molar-refractivity contribution is 0.348. The molecule has 1 aliphatic rings. The maximum atomic E-state index is 4.82. The van der Waals surface area contributed by atoms with Gasteiger partial charge in [-0.1, -0.05) is 26.0 Å². The fourth-order valence-electron chi connectivity index (χ4n) is 3.49. The number of nitrogens with zero attached hydrogens (tertiary/aromatic N) is 5. The van der Waals surface area contributed by atoms with E-state index in [0.29, 0.717) is 11.8 Å². The van der Waals surface area contributed by atoms with E-state index in [2.05, 4.69) is 41.4 Å². The number of aromatic nitrogens is 4. The molecule has 0 saturated carbocycles. The summed E-state index contributed by atoms with van der Waals surface area (Å²) in [6, 6.07) is 8.07. The van der Waals surface area contributed by atoms with Crippen LogP contribution in [-0.2, 0) is 6.54 Å². The zero-order valence-corrected chi connectivity index (χ0v) is 14.5. The molecular weight excluding hydrogens is 298 g/mol. The lowest BCUT2D eigenvalue weighted by atomic mass is 9.99. The zero-order chi connectivity index (χ0) is 16.7. The fourth-order valence-corrected chi connectivity index (χ4v) is 3.49. The third kappa shape index (κ3) is 2.64. The van der Waals surface area contributed by atoms with Crippen LogP contribution in [0.25, 0.3) is 11.0 Å². The molecule has 5 heteroatoms. The summed E-state index contributed by atoms with van der Waals surface area (Å²) >= 11 is 0. The van der Waals surface area contributed by atoms with Gasteiger partial charge in [0.25, 0.3) is 0 Å². The van der Waals surface area contributed by atoms with Crippen LogP contribution in [0.2, 0.25) is 0 Å². The highest BCUT2D eigenvalue weighted by atomic mass is 15.3. The summed E-state index contributed by atoms with van der Waals surface area (Å²) < 4.78 is 2.30. The van der Waals surface area contributed by atoms with E-state index >= 15 is 0 Å². The molecule has 1 saturated heterocycles. The summed E-state index contributed by atoms with van der Waals surface area (Å²) in [5.41, 5.74) is 2.95. The highest BCUT2D eigenvalue weighted by molar-refractivity contribution is 5.76. The number of hydrogen-bond acceptors (Lipinski definition) is 4. The summed E-state index contributed by atoms with van der Waals surface area (Å²) in [4.78, 5) is 16.3. The highest BCUT2D eigenvalue weighted by Crippen LogP contribution is 2.28. The minimum absolute atomic E-state index is 0.463. The van der Waals surface area contributed by atoms with Crippen molar-refractivity contribution in [1.29, 1.82) is 0 Å². The maximum Gasteiger partial charge on any atom is 0.150 e. The SMILES string of the molecule is Cc1nc2ccccc2nc1N1CC(Cn2ccnc2C(C)C)C1. The number of imidazole rings is 1. The predicted molar refractivity (Wildman–Crippen MR) is 96.3 cm³/mol. The van der Waals surface area contributed by atoms with Crippen molar-refractivity contribution in [2.75, 3.05) is 18.0 Å². The van der Waals surface area contributed by atoms with E-state index in [4.69, 9.17) is 9.97 Å². The molecule has 1 fully saturated rings. The smallest absolute Gasteiger partial charge is 0.150 e. The molecule has 0 bridgehead atoms. The highest BCUT2D eigenvalue weighted by Gasteiger charge is 2.30. The number of rotatable bonds is 4. The van der Waals surface area contributed by atoms with Crippen LogP contribution < -0.4 is 4.90 Å². The number of anilines is 1. The first kappa shape index (κ1) is 15.1. The van der Waals surface area contributed by atoms with Crippen LogP contribution >= 0.6 is 0 Å². The molecule has 5 nitrogen and oxygen atoms in total. The van der Waals surface area contributed by atoms with Gasteiger partial charge in [0, 0.05) is 43.9 Å². The van der Waals surface area contributed by atoms with Crippen molar-refractivity contribution in [3.05, 3.63) is 48.2 Å². The largest absolute Gasteiger partial charge is 0.354 e. The minimum Gasteiger partial charge on any atom is -0.354 e. The van der Waals surface area contributed by atoms with Crippen LogP contribution in [0.15, 0.2) is 36.7 Å². The van der Waals surface area contributed by atoms with E-state index in [9.17, 15) is 0 Å². The first-order valence-electron chi connectivity index (χ1n) is 8.61. The van der Waals surface area contributed by atoms with Crippen LogP contribution in [0.4, 0.5) is 5.82 Å². The maximum absolute atomic E-state index is 4.82. The van der Waals surface area contributed by atoms with Gasteiger partial charge in [0.2, 0.25) is 0 Å². The Labute approximate surface area is 142 Å². The van der Waals surface area contributed by atoms with Gasteiger partial charge in [0.05, 0.1) is 16.7 Å². The number of benzene rings is 1. The number of hydrogen-bond donors (Lipinski definition) is 0. The van der Waals surface area contributed by atoms with E-state index < -0.39 is 0 Å². The van der Waals surface area contributed by atoms with Crippen molar-refractivity contribution in [3.8, 4) is 0 Å². The van der Waals surface area contributed by atoms with E-state index in [1.54, 1.807) is 0 Å². The molecule has 0 aliphatic carbocycles. The first-order chi connectivity index (χ1) is 11.6. The van der Waals surface area contributed by atoms with Crippen LogP contribution in [0.1, 0.15) is 31.3 Å². The summed E-state index contributed by atoms with van der Waals surface area (Å²) in [6.45, 7) is 9.53. The molecule has 124 valence electrons. The van der Waals surface area contributed by atoms with Gasteiger partial charge < -0.3 is 9.47 Å².